The number of anilines is 2. The number of ether oxygens (including phenoxy) is 3. The molecule has 2 heterocycles. The van der Waals surface area contributed by atoms with E-state index in [4.69, 9.17) is 14.2 Å². The second-order valence-electron chi connectivity index (χ2n) is 7.72. The molecular formula is C19H22N4O4S. The maximum absolute atomic E-state index is 12.5. The Morgan fingerprint density at radius 1 is 1.18 bits per heavy atom. The van der Waals surface area contributed by atoms with Crippen LogP contribution in [0.15, 0.2) is 24.3 Å². The van der Waals surface area contributed by atoms with Gasteiger partial charge in [0.15, 0.2) is 0 Å². The number of nitrogens with one attached hydrogen (secondary N) is 1. The number of nitrogens with zero attached hydrogens (tertiary/aromatic N) is 3. The van der Waals surface area contributed by atoms with Gasteiger partial charge in [0.05, 0.1) is 24.2 Å². The molecule has 2 aromatic rings. The minimum Gasteiger partial charge on any atom is -0.430 e. The smallest absolute Gasteiger partial charge is 0.301 e. The average Bonchev–Trinajstić information content (AvgIpc) is 3.08. The van der Waals surface area contributed by atoms with E-state index < -0.39 is 0 Å². The van der Waals surface area contributed by atoms with Gasteiger partial charge in [-0.1, -0.05) is 5.10 Å². The van der Waals surface area contributed by atoms with Crippen molar-refractivity contribution < 1.29 is 19.0 Å². The van der Waals surface area contributed by atoms with Crippen molar-refractivity contribution in [2.75, 3.05) is 43.6 Å². The van der Waals surface area contributed by atoms with Crippen molar-refractivity contribution >= 4 is 28.1 Å². The topological polar surface area (TPSA) is 85.8 Å². The van der Waals surface area contributed by atoms with E-state index in [1.165, 1.54) is 11.3 Å². The van der Waals surface area contributed by atoms with E-state index in [-0.39, 0.29) is 16.9 Å². The molecule has 0 spiro atoms. The number of rotatable bonds is 6. The standard InChI is InChI=1S/C19H22N4O4S/c1-25-19-10-18(11-19,12-19)15(24)20-16-21-22-17(28-16)27-14-4-2-13(3-5-14)23-6-8-26-9-7-23/h2-5H,6-12H2,1H3,(H,20,21,24). The lowest BCUT2D eigenvalue weighted by molar-refractivity contribution is -0.260. The summed E-state index contributed by atoms with van der Waals surface area (Å²) < 4.78 is 16.6. The van der Waals surface area contributed by atoms with Gasteiger partial charge in [-0.05, 0) is 54.9 Å². The molecule has 0 unspecified atom stereocenters. The van der Waals surface area contributed by atoms with Crippen LogP contribution in [0.4, 0.5) is 10.8 Å². The van der Waals surface area contributed by atoms with E-state index in [1.807, 2.05) is 24.3 Å². The first kappa shape index (κ1) is 17.8. The van der Waals surface area contributed by atoms with Crippen molar-refractivity contribution in [3.05, 3.63) is 24.3 Å². The maximum Gasteiger partial charge on any atom is 0.301 e. The Hall–Kier alpha value is -2.23. The summed E-state index contributed by atoms with van der Waals surface area (Å²) >= 11 is 1.23. The monoisotopic (exact) mass is 402 g/mol. The molecule has 1 saturated heterocycles. The molecule has 1 N–H and O–H groups in total. The molecule has 8 nitrogen and oxygen atoms in total. The molecule has 6 rings (SSSR count). The summed E-state index contributed by atoms with van der Waals surface area (Å²) in [5, 5.41) is 11.8. The second-order valence-corrected chi connectivity index (χ2v) is 8.66. The number of hydrogen-bond donors (Lipinski definition) is 1. The van der Waals surface area contributed by atoms with Crippen LogP contribution >= 0.6 is 11.3 Å². The lowest BCUT2D eigenvalue weighted by Gasteiger charge is -2.67. The van der Waals surface area contributed by atoms with E-state index in [0.717, 1.165) is 51.3 Å². The van der Waals surface area contributed by atoms with Crippen LogP contribution in [-0.4, -0.2) is 55.1 Å². The van der Waals surface area contributed by atoms with Crippen LogP contribution in [-0.2, 0) is 14.3 Å². The first-order valence-corrected chi connectivity index (χ1v) is 10.2. The quantitative estimate of drug-likeness (QED) is 0.795. The number of aromatic nitrogens is 2. The van der Waals surface area contributed by atoms with Gasteiger partial charge in [0.25, 0.3) is 0 Å². The van der Waals surface area contributed by atoms with Crippen LogP contribution in [0.2, 0.25) is 0 Å². The van der Waals surface area contributed by atoms with Gasteiger partial charge >= 0.3 is 5.19 Å². The van der Waals surface area contributed by atoms with Crippen LogP contribution in [0, 0.1) is 5.41 Å². The Balaban J connectivity index is 1.17. The molecule has 1 aromatic carbocycles. The van der Waals surface area contributed by atoms with Gasteiger partial charge in [-0.3, -0.25) is 10.1 Å². The average molecular weight is 402 g/mol. The number of morpholine rings is 1. The highest BCUT2D eigenvalue weighted by atomic mass is 32.1. The van der Waals surface area contributed by atoms with Gasteiger partial charge in [0.2, 0.25) is 11.0 Å². The molecule has 1 aliphatic heterocycles. The summed E-state index contributed by atoms with van der Waals surface area (Å²) in [6, 6.07) is 7.88. The van der Waals surface area contributed by atoms with Gasteiger partial charge in [-0.25, -0.2) is 0 Å². The lowest BCUT2D eigenvalue weighted by atomic mass is 9.41. The Morgan fingerprint density at radius 3 is 2.57 bits per heavy atom. The number of carbonyl (C=O) groups excluding carboxylic acids is 1. The highest BCUT2D eigenvalue weighted by molar-refractivity contribution is 7.17. The molecular weight excluding hydrogens is 380 g/mol. The SMILES string of the molecule is COC12CC(C(=O)Nc3nnc(Oc4ccc(N5CCOCC5)cc4)s3)(C1)C2. The van der Waals surface area contributed by atoms with Gasteiger partial charge in [-0.2, -0.15) is 0 Å². The fourth-order valence-corrected chi connectivity index (χ4v) is 4.94. The lowest BCUT2D eigenvalue weighted by Crippen LogP contribution is -2.72. The highest BCUT2D eigenvalue weighted by Gasteiger charge is 2.72. The van der Waals surface area contributed by atoms with Crippen LogP contribution in [0.3, 0.4) is 0 Å². The zero-order valence-corrected chi connectivity index (χ0v) is 16.5. The largest absolute Gasteiger partial charge is 0.430 e. The number of methoxy groups -OCH3 is 1. The van der Waals surface area contributed by atoms with Gasteiger partial charge in [0, 0.05) is 25.9 Å². The molecule has 0 radical (unpaired) electrons. The predicted octanol–water partition coefficient (Wildman–Crippen LogP) is 2.67. The molecule has 1 amide bonds. The van der Waals surface area contributed by atoms with Crippen molar-refractivity contribution in [2.45, 2.75) is 24.9 Å². The second kappa shape index (κ2) is 6.68. The van der Waals surface area contributed by atoms with E-state index >= 15 is 0 Å². The van der Waals surface area contributed by atoms with E-state index in [1.54, 1.807) is 7.11 Å². The molecule has 1 aromatic heterocycles. The van der Waals surface area contributed by atoms with Gasteiger partial charge in [-0.15, -0.1) is 5.10 Å². The number of hydrogen-bond acceptors (Lipinski definition) is 8. The van der Waals surface area contributed by atoms with Crippen molar-refractivity contribution in [1.29, 1.82) is 0 Å². The van der Waals surface area contributed by atoms with Crippen LogP contribution in [0.25, 0.3) is 0 Å². The van der Waals surface area contributed by atoms with Crippen LogP contribution < -0.4 is 15.0 Å². The van der Waals surface area contributed by atoms with Crippen molar-refractivity contribution in [3.63, 3.8) is 0 Å². The first-order valence-electron chi connectivity index (χ1n) is 9.41. The van der Waals surface area contributed by atoms with Crippen molar-refractivity contribution in [3.8, 4) is 10.9 Å². The van der Waals surface area contributed by atoms with Crippen molar-refractivity contribution in [2.24, 2.45) is 5.41 Å². The van der Waals surface area contributed by atoms with Gasteiger partial charge in [0.1, 0.15) is 5.75 Å². The molecule has 148 valence electrons. The van der Waals surface area contributed by atoms with E-state index in [2.05, 4.69) is 20.4 Å². The molecule has 2 bridgehead atoms. The third kappa shape index (κ3) is 3.03. The summed E-state index contributed by atoms with van der Waals surface area (Å²) in [4.78, 5) is 14.8. The number of amides is 1. The minimum atomic E-state index is -0.280. The first-order chi connectivity index (χ1) is 13.6. The molecule has 3 aliphatic carbocycles. The van der Waals surface area contributed by atoms with Gasteiger partial charge < -0.3 is 19.1 Å². The summed E-state index contributed by atoms with van der Waals surface area (Å²) in [7, 11) is 1.71. The third-order valence-corrected chi connectivity index (χ3v) is 6.66. The normalized spacial score (nSPS) is 28.2. The maximum atomic E-state index is 12.5. The fourth-order valence-electron chi connectivity index (χ4n) is 4.33. The molecule has 3 saturated carbocycles. The molecule has 28 heavy (non-hydrogen) atoms. The molecule has 9 heteroatoms. The zero-order valence-electron chi connectivity index (χ0n) is 15.6. The molecule has 4 aliphatic rings. The predicted molar refractivity (Wildman–Crippen MR) is 104 cm³/mol. The van der Waals surface area contributed by atoms with Crippen molar-refractivity contribution in [1.82, 2.24) is 10.2 Å². The van der Waals surface area contributed by atoms with Crippen LogP contribution in [0.5, 0.6) is 10.9 Å². The Labute approximate surface area is 166 Å². The number of carbonyl (C=O) groups is 1. The summed E-state index contributed by atoms with van der Waals surface area (Å²) in [6.45, 7) is 3.30. The summed E-state index contributed by atoms with van der Waals surface area (Å²) in [5.74, 6) is 0.691. The Bertz CT molecular complexity index is 859. The summed E-state index contributed by atoms with van der Waals surface area (Å²) in [5.41, 5.74) is 0.811. The Morgan fingerprint density at radius 2 is 1.89 bits per heavy atom. The Kier molecular flexibility index (Phi) is 4.26. The fraction of sp³-hybridized carbons (Fsp3) is 0.526. The minimum absolute atomic E-state index is 0.00369. The number of benzene rings is 1. The zero-order chi connectivity index (χ0) is 19.2. The summed E-state index contributed by atoms with van der Waals surface area (Å²) in [6.07, 6.45) is 2.37. The molecule has 4 fully saturated rings. The highest BCUT2D eigenvalue weighted by Crippen LogP contribution is 2.69. The van der Waals surface area contributed by atoms with E-state index in [9.17, 15) is 4.79 Å². The van der Waals surface area contributed by atoms with E-state index in [0.29, 0.717) is 16.1 Å². The molecule has 0 atom stereocenters. The third-order valence-electron chi connectivity index (χ3n) is 5.94. The van der Waals surface area contributed by atoms with Crippen LogP contribution in [0.1, 0.15) is 19.3 Å².